The molecule has 4 nitrogen and oxygen atoms in total. The van der Waals surface area contributed by atoms with Crippen LogP contribution in [0.25, 0.3) is 0 Å². The van der Waals surface area contributed by atoms with Gasteiger partial charge < -0.3 is 20.7 Å². The molecule has 1 saturated heterocycles. The minimum absolute atomic E-state index is 0.617. The van der Waals surface area contributed by atoms with E-state index in [4.69, 9.17) is 10.5 Å². The van der Waals surface area contributed by atoms with Gasteiger partial charge in [-0.25, -0.2) is 0 Å². The van der Waals surface area contributed by atoms with Gasteiger partial charge in [-0.1, -0.05) is 6.42 Å². The Kier molecular flexibility index (Phi) is 4.31. The van der Waals surface area contributed by atoms with Crippen molar-refractivity contribution in [3.05, 3.63) is 18.2 Å². The summed E-state index contributed by atoms with van der Waals surface area (Å²) in [6.45, 7) is 2.16. The number of likely N-dealkylation sites (tertiary alicyclic amines) is 1. The largest absolute Gasteiger partial charge is 0.497 e. The molecule has 0 aliphatic carbocycles. The van der Waals surface area contributed by atoms with Crippen LogP contribution >= 0.6 is 0 Å². The van der Waals surface area contributed by atoms with E-state index in [-0.39, 0.29) is 0 Å². The molecule has 1 unspecified atom stereocenters. The lowest BCUT2D eigenvalue weighted by Crippen LogP contribution is -2.40. The van der Waals surface area contributed by atoms with E-state index in [1.807, 2.05) is 18.2 Å². The fourth-order valence-electron chi connectivity index (χ4n) is 2.48. The average Bonchev–Trinajstić information content (AvgIpc) is 2.37. The van der Waals surface area contributed by atoms with E-state index in [0.29, 0.717) is 6.04 Å². The van der Waals surface area contributed by atoms with Crippen molar-refractivity contribution in [1.82, 2.24) is 4.90 Å². The molecule has 1 fully saturated rings. The fourth-order valence-corrected chi connectivity index (χ4v) is 2.48. The molecule has 18 heavy (non-hydrogen) atoms. The third-order valence-corrected chi connectivity index (χ3v) is 3.63. The van der Waals surface area contributed by atoms with Gasteiger partial charge in [0.1, 0.15) is 5.75 Å². The highest BCUT2D eigenvalue weighted by Gasteiger charge is 2.18. The summed E-state index contributed by atoms with van der Waals surface area (Å²) >= 11 is 0. The lowest BCUT2D eigenvalue weighted by molar-refractivity contribution is 0.194. The molecule has 1 aromatic rings. The number of rotatable bonds is 4. The van der Waals surface area contributed by atoms with Gasteiger partial charge in [-0.3, -0.25) is 0 Å². The van der Waals surface area contributed by atoms with Gasteiger partial charge in [0.25, 0.3) is 0 Å². The van der Waals surface area contributed by atoms with Crippen LogP contribution in [0, 0.1) is 0 Å². The molecule has 1 aliphatic heterocycles. The summed E-state index contributed by atoms with van der Waals surface area (Å²) in [7, 11) is 3.86. The lowest BCUT2D eigenvalue weighted by Gasteiger charge is -2.32. The second-order valence-electron chi connectivity index (χ2n) is 5.01. The van der Waals surface area contributed by atoms with Crippen LogP contribution in [-0.4, -0.2) is 38.2 Å². The van der Waals surface area contributed by atoms with Gasteiger partial charge in [0.15, 0.2) is 0 Å². The van der Waals surface area contributed by atoms with E-state index >= 15 is 0 Å². The molecule has 2 rings (SSSR count). The number of nitrogen functional groups attached to an aromatic ring is 1. The Morgan fingerprint density at radius 3 is 2.94 bits per heavy atom. The van der Waals surface area contributed by atoms with Crippen LogP contribution in [0.2, 0.25) is 0 Å². The summed E-state index contributed by atoms with van der Waals surface area (Å²) in [6, 6.07) is 6.38. The molecule has 0 aromatic heterocycles. The SMILES string of the molecule is COc1cc(N)cc(NCC2CCCCN2C)c1. The number of hydrogen-bond donors (Lipinski definition) is 2. The van der Waals surface area contributed by atoms with Crippen LogP contribution in [0.1, 0.15) is 19.3 Å². The fraction of sp³-hybridized carbons (Fsp3) is 0.571. The topological polar surface area (TPSA) is 50.5 Å². The standard InChI is InChI=1S/C14H23N3O/c1-17-6-4-3-5-13(17)10-16-12-7-11(15)8-14(9-12)18-2/h7-9,13,16H,3-6,10,15H2,1-2H3. The van der Waals surface area contributed by atoms with Crippen LogP contribution < -0.4 is 15.8 Å². The molecule has 3 N–H and O–H groups in total. The number of benzene rings is 1. The number of piperidine rings is 1. The first-order valence-corrected chi connectivity index (χ1v) is 6.57. The maximum atomic E-state index is 5.84. The number of methoxy groups -OCH3 is 1. The first-order valence-electron chi connectivity index (χ1n) is 6.57. The third-order valence-electron chi connectivity index (χ3n) is 3.63. The van der Waals surface area contributed by atoms with Crippen LogP contribution in [-0.2, 0) is 0 Å². The first kappa shape index (κ1) is 13.0. The molecule has 1 aliphatic rings. The van der Waals surface area contributed by atoms with E-state index in [1.54, 1.807) is 7.11 Å². The van der Waals surface area contributed by atoms with Gasteiger partial charge >= 0.3 is 0 Å². The second kappa shape index (κ2) is 5.96. The smallest absolute Gasteiger partial charge is 0.122 e. The molecule has 0 spiro atoms. The monoisotopic (exact) mass is 249 g/mol. The number of nitrogens with one attached hydrogen (secondary N) is 1. The van der Waals surface area contributed by atoms with Crippen molar-refractivity contribution in [2.75, 3.05) is 38.3 Å². The van der Waals surface area contributed by atoms with E-state index in [9.17, 15) is 0 Å². The zero-order valence-corrected chi connectivity index (χ0v) is 11.3. The highest BCUT2D eigenvalue weighted by atomic mass is 16.5. The molecule has 1 heterocycles. The predicted molar refractivity (Wildman–Crippen MR) is 76.2 cm³/mol. The Morgan fingerprint density at radius 1 is 1.39 bits per heavy atom. The van der Waals surface area contributed by atoms with Crippen LogP contribution in [0.5, 0.6) is 5.75 Å². The normalized spacial score (nSPS) is 20.7. The number of nitrogens with zero attached hydrogens (tertiary/aromatic N) is 1. The molecule has 0 amide bonds. The van der Waals surface area contributed by atoms with Crippen LogP contribution in [0.15, 0.2) is 18.2 Å². The Hall–Kier alpha value is -1.42. The Morgan fingerprint density at radius 2 is 2.22 bits per heavy atom. The summed E-state index contributed by atoms with van der Waals surface area (Å²) in [5, 5.41) is 3.46. The summed E-state index contributed by atoms with van der Waals surface area (Å²) in [6.07, 6.45) is 3.92. The van der Waals surface area contributed by atoms with Crippen molar-refractivity contribution in [2.45, 2.75) is 25.3 Å². The molecule has 0 radical (unpaired) electrons. The van der Waals surface area contributed by atoms with Crippen molar-refractivity contribution < 1.29 is 4.74 Å². The molecular formula is C14H23N3O. The van der Waals surface area contributed by atoms with Gasteiger partial charge in [0, 0.05) is 36.1 Å². The second-order valence-corrected chi connectivity index (χ2v) is 5.01. The number of hydrogen-bond acceptors (Lipinski definition) is 4. The van der Waals surface area contributed by atoms with Gasteiger partial charge in [0.2, 0.25) is 0 Å². The Labute approximate surface area is 109 Å². The molecule has 0 saturated carbocycles. The summed E-state index contributed by atoms with van der Waals surface area (Å²) in [5.74, 6) is 0.800. The molecule has 4 heteroatoms. The maximum absolute atomic E-state index is 5.84. The number of likely N-dealkylation sites (N-methyl/N-ethyl adjacent to an activating group) is 1. The number of nitrogens with two attached hydrogens (primary N) is 1. The number of ether oxygens (including phenoxy) is 1. The lowest BCUT2D eigenvalue weighted by atomic mass is 10.0. The van der Waals surface area contributed by atoms with Crippen molar-refractivity contribution in [3.8, 4) is 5.75 Å². The van der Waals surface area contributed by atoms with Crippen LogP contribution in [0.3, 0.4) is 0 Å². The highest BCUT2D eigenvalue weighted by molar-refractivity contribution is 5.59. The third kappa shape index (κ3) is 3.29. The van der Waals surface area contributed by atoms with Crippen molar-refractivity contribution in [3.63, 3.8) is 0 Å². The maximum Gasteiger partial charge on any atom is 0.122 e. The summed E-state index contributed by atoms with van der Waals surface area (Å²) in [4.78, 5) is 2.43. The van der Waals surface area contributed by atoms with E-state index in [1.165, 1.54) is 25.8 Å². The molecule has 100 valence electrons. The van der Waals surface area contributed by atoms with E-state index in [0.717, 1.165) is 23.7 Å². The van der Waals surface area contributed by atoms with Crippen molar-refractivity contribution in [1.29, 1.82) is 0 Å². The number of anilines is 2. The average molecular weight is 249 g/mol. The van der Waals surface area contributed by atoms with Gasteiger partial charge in [-0.05, 0) is 32.5 Å². The van der Waals surface area contributed by atoms with Crippen molar-refractivity contribution >= 4 is 11.4 Å². The van der Waals surface area contributed by atoms with E-state index in [2.05, 4.69) is 17.3 Å². The van der Waals surface area contributed by atoms with Gasteiger partial charge in [-0.15, -0.1) is 0 Å². The zero-order chi connectivity index (χ0) is 13.0. The van der Waals surface area contributed by atoms with Crippen molar-refractivity contribution in [2.24, 2.45) is 0 Å². The Balaban J connectivity index is 1.94. The molecule has 1 aromatic carbocycles. The first-order chi connectivity index (χ1) is 8.69. The van der Waals surface area contributed by atoms with Crippen LogP contribution in [0.4, 0.5) is 11.4 Å². The quantitative estimate of drug-likeness (QED) is 0.803. The predicted octanol–water partition coefficient (Wildman–Crippen LogP) is 2.17. The summed E-state index contributed by atoms with van der Waals surface area (Å²) in [5.41, 5.74) is 7.60. The highest BCUT2D eigenvalue weighted by Crippen LogP contribution is 2.23. The van der Waals surface area contributed by atoms with Gasteiger partial charge in [-0.2, -0.15) is 0 Å². The molecule has 1 atom stereocenters. The molecule has 0 bridgehead atoms. The summed E-state index contributed by atoms with van der Waals surface area (Å²) < 4.78 is 5.22. The minimum Gasteiger partial charge on any atom is -0.497 e. The Bertz CT molecular complexity index is 395. The molecular weight excluding hydrogens is 226 g/mol. The zero-order valence-electron chi connectivity index (χ0n) is 11.3. The minimum atomic E-state index is 0.617. The van der Waals surface area contributed by atoms with E-state index < -0.39 is 0 Å². The van der Waals surface area contributed by atoms with Gasteiger partial charge in [0.05, 0.1) is 7.11 Å².